The van der Waals surface area contributed by atoms with Crippen LogP contribution in [0.4, 0.5) is 0 Å². The first-order valence-electron chi connectivity index (χ1n) is 2.57. The van der Waals surface area contributed by atoms with Gasteiger partial charge in [-0.25, -0.2) is 0 Å². The van der Waals surface area contributed by atoms with Crippen LogP contribution in [0.2, 0.25) is 12.1 Å². The summed E-state index contributed by atoms with van der Waals surface area (Å²) in [6, 6.07) is 1.09. The van der Waals surface area contributed by atoms with Gasteiger partial charge in [0, 0.05) is 0 Å². The van der Waals surface area contributed by atoms with Crippen LogP contribution in [-0.4, -0.2) is 47.7 Å². The van der Waals surface area contributed by atoms with Gasteiger partial charge in [0.1, 0.15) is 0 Å². The molecule has 46 valence electrons. The average Bonchev–Trinajstić information content (AvgIpc) is 1.68. The molecule has 0 aliphatic rings. The first-order chi connectivity index (χ1) is 3.12. The molecule has 0 aromatic heterocycles. The van der Waals surface area contributed by atoms with Crippen LogP contribution in [0, 0.1) is 0 Å². The normalized spacial score (nSPS) is 10.5. The second kappa shape index (κ2) is 4.96. The van der Waals surface area contributed by atoms with E-state index in [0.29, 0.717) is 12.1 Å². The fourth-order valence-corrected chi connectivity index (χ4v) is 0.750. The van der Waals surface area contributed by atoms with Crippen molar-refractivity contribution in [1.29, 1.82) is 0 Å². The van der Waals surface area contributed by atoms with Crippen molar-refractivity contribution in [2.45, 2.75) is 25.9 Å². The predicted molar refractivity (Wildman–Crippen MR) is 38.3 cm³/mol. The van der Waals surface area contributed by atoms with Crippen LogP contribution in [0.5, 0.6) is 0 Å². The van der Waals surface area contributed by atoms with E-state index < -0.39 is 8.56 Å². The van der Waals surface area contributed by atoms with Crippen LogP contribution in [0.15, 0.2) is 0 Å². The maximum absolute atomic E-state index is 8.83. The van der Waals surface area contributed by atoms with Gasteiger partial charge in [-0.15, -0.1) is 0 Å². The summed E-state index contributed by atoms with van der Waals surface area (Å²) in [5.74, 6) is 0. The molecule has 0 atom stereocenters. The summed E-state index contributed by atoms with van der Waals surface area (Å²) in [5, 5.41) is 0. The molecular weight excluding hydrogens is 131 g/mol. The third-order valence-electron chi connectivity index (χ3n) is 1.13. The molecule has 0 rings (SSSR count). The fraction of sp³-hybridized carbons (Fsp3) is 1.00. The summed E-state index contributed by atoms with van der Waals surface area (Å²) < 4.78 is 0. The Morgan fingerprint density at radius 3 is 1.38 bits per heavy atom. The van der Waals surface area contributed by atoms with E-state index in [0.717, 1.165) is 0 Å². The summed E-state index contributed by atoms with van der Waals surface area (Å²) in [6.07, 6.45) is 0. The second-order valence-electron chi connectivity index (χ2n) is 1.69. The zero-order chi connectivity index (χ0) is 5.91. The Morgan fingerprint density at radius 1 is 1.12 bits per heavy atom. The van der Waals surface area contributed by atoms with Crippen LogP contribution in [0.1, 0.15) is 13.8 Å². The molecule has 0 bridgehead atoms. The third-order valence-corrected chi connectivity index (χ3v) is 3.40. The van der Waals surface area contributed by atoms with Gasteiger partial charge in [0.05, 0.1) is 0 Å². The van der Waals surface area contributed by atoms with Crippen LogP contribution in [-0.2, 0) is 0 Å². The van der Waals surface area contributed by atoms with Gasteiger partial charge < -0.3 is 9.59 Å². The third kappa shape index (κ3) is 5.28. The van der Waals surface area contributed by atoms with Crippen LogP contribution >= 0.6 is 0 Å². The Balaban J connectivity index is 0. The van der Waals surface area contributed by atoms with Gasteiger partial charge in [0.2, 0.25) is 0 Å². The van der Waals surface area contributed by atoms with E-state index in [1.165, 1.54) is 0 Å². The molecule has 0 radical (unpaired) electrons. The molecule has 0 spiro atoms. The second-order valence-corrected chi connectivity index (χ2v) is 5.07. The summed E-state index contributed by atoms with van der Waals surface area (Å²) in [7, 11) is -2.65. The molecule has 4 heteroatoms. The Hall–Kier alpha value is 1.14. The van der Waals surface area contributed by atoms with Gasteiger partial charge in [-0.3, -0.25) is 0 Å². The zero-order valence-electron chi connectivity index (χ0n) is 4.81. The molecule has 0 saturated heterocycles. The molecular formula is C4H13NaO2Si. The Kier molecular flexibility index (Phi) is 7.37. The predicted octanol–water partition coefficient (Wildman–Crippen LogP) is -0.196. The summed E-state index contributed by atoms with van der Waals surface area (Å²) >= 11 is 0. The topological polar surface area (TPSA) is 40.5 Å². The Bertz CT molecular complexity index is 52.0. The summed E-state index contributed by atoms with van der Waals surface area (Å²) in [6.45, 7) is 3.60. The van der Waals surface area contributed by atoms with Crippen molar-refractivity contribution in [1.82, 2.24) is 0 Å². The van der Waals surface area contributed by atoms with Crippen molar-refractivity contribution in [3.8, 4) is 0 Å². The van der Waals surface area contributed by atoms with Gasteiger partial charge in [-0.1, -0.05) is 13.8 Å². The van der Waals surface area contributed by atoms with Crippen molar-refractivity contribution in [2.24, 2.45) is 0 Å². The molecule has 0 saturated carbocycles. The summed E-state index contributed by atoms with van der Waals surface area (Å²) in [5.41, 5.74) is 0. The van der Waals surface area contributed by atoms with Gasteiger partial charge in [0.25, 0.3) is 0 Å². The zero-order valence-corrected chi connectivity index (χ0v) is 5.81. The van der Waals surface area contributed by atoms with Gasteiger partial charge in [0.15, 0.2) is 0 Å². The van der Waals surface area contributed by atoms with Crippen molar-refractivity contribution >= 4 is 38.1 Å². The number of hydrogen-bond acceptors (Lipinski definition) is 2. The molecule has 0 aromatic rings. The maximum atomic E-state index is 8.83. The van der Waals surface area contributed by atoms with Gasteiger partial charge >= 0.3 is 38.1 Å². The Labute approximate surface area is 73.5 Å². The van der Waals surface area contributed by atoms with Crippen molar-refractivity contribution in [3.05, 3.63) is 0 Å². The molecule has 0 aromatic carbocycles. The van der Waals surface area contributed by atoms with E-state index in [4.69, 9.17) is 9.59 Å². The molecule has 8 heavy (non-hydrogen) atoms. The summed E-state index contributed by atoms with van der Waals surface area (Å²) in [4.78, 5) is 17.7. The molecule has 0 unspecified atom stereocenters. The minimum atomic E-state index is -2.65. The van der Waals surface area contributed by atoms with E-state index in [9.17, 15) is 0 Å². The average molecular weight is 144 g/mol. The van der Waals surface area contributed by atoms with E-state index >= 15 is 0 Å². The number of rotatable bonds is 2. The van der Waals surface area contributed by atoms with E-state index in [2.05, 4.69) is 0 Å². The van der Waals surface area contributed by atoms with Crippen molar-refractivity contribution in [3.63, 3.8) is 0 Å². The van der Waals surface area contributed by atoms with Crippen LogP contribution in [0.3, 0.4) is 0 Å². The molecule has 0 aliphatic carbocycles. The van der Waals surface area contributed by atoms with Crippen LogP contribution < -0.4 is 0 Å². The van der Waals surface area contributed by atoms with E-state index in [-0.39, 0.29) is 29.6 Å². The molecule has 0 aliphatic heterocycles. The van der Waals surface area contributed by atoms with Gasteiger partial charge in [-0.05, 0) is 12.1 Å². The van der Waals surface area contributed by atoms with Crippen molar-refractivity contribution < 1.29 is 9.59 Å². The first-order valence-corrected chi connectivity index (χ1v) is 4.88. The van der Waals surface area contributed by atoms with Crippen molar-refractivity contribution in [2.75, 3.05) is 0 Å². The SMILES string of the molecule is CC[Si](O)(O)CC.[NaH]. The fourth-order valence-electron chi connectivity index (χ4n) is 0.250. The van der Waals surface area contributed by atoms with Crippen LogP contribution in [0.25, 0.3) is 0 Å². The minimum absolute atomic E-state index is 0. The standard InChI is InChI=1S/C4H12O2Si.Na.H/c1-3-7(5,6)4-2;;/h5-6H,3-4H2,1-2H3;;. The Morgan fingerprint density at radius 2 is 1.38 bits per heavy atom. The molecule has 0 fully saturated rings. The first kappa shape index (κ1) is 11.9. The monoisotopic (exact) mass is 144 g/mol. The number of hydrogen-bond donors (Lipinski definition) is 2. The molecule has 0 amide bonds. The quantitative estimate of drug-likeness (QED) is 0.527. The van der Waals surface area contributed by atoms with E-state index in [1.807, 2.05) is 0 Å². The molecule has 2 nitrogen and oxygen atoms in total. The molecule has 2 N–H and O–H groups in total. The van der Waals surface area contributed by atoms with E-state index in [1.54, 1.807) is 13.8 Å². The van der Waals surface area contributed by atoms with Gasteiger partial charge in [-0.2, -0.15) is 0 Å². The molecule has 0 heterocycles.